The summed E-state index contributed by atoms with van der Waals surface area (Å²) in [5, 5.41) is 4.03. The van der Waals surface area contributed by atoms with Gasteiger partial charge < -0.3 is 9.30 Å². The fraction of sp³-hybridized carbons (Fsp3) is 0.353. The standard InChI is InChI=1S/C17H20N4O2S/c1-4-23-10-9-21-13-6-5-12(2)11-15(13)24-17(21)19-16(22)14-7-8-18-20(14)3/h5-8,11H,4,9-10H2,1-3H3. The van der Waals surface area contributed by atoms with Crippen molar-refractivity contribution in [1.29, 1.82) is 0 Å². The maximum Gasteiger partial charge on any atom is 0.297 e. The minimum Gasteiger partial charge on any atom is -0.380 e. The number of carbonyl (C=O) groups excluding carboxylic acids is 1. The molecule has 2 heterocycles. The summed E-state index contributed by atoms with van der Waals surface area (Å²) in [6.07, 6.45) is 1.60. The summed E-state index contributed by atoms with van der Waals surface area (Å²) in [5.41, 5.74) is 2.73. The van der Waals surface area contributed by atoms with Gasteiger partial charge in [-0.2, -0.15) is 10.1 Å². The molecule has 0 saturated carbocycles. The summed E-state index contributed by atoms with van der Waals surface area (Å²) in [6.45, 7) is 5.94. The first-order valence-electron chi connectivity index (χ1n) is 7.85. The largest absolute Gasteiger partial charge is 0.380 e. The van der Waals surface area contributed by atoms with Crippen LogP contribution in [0.25, 0.3) is 10.2 Å². The molecule has 0 saturated heterocycles. The molecule has 1 aromatic carbocycles. The number of hydrogen-bond donors (Lipinski definition) is 0. The first kappa shape index (κ1) is 16.6. The fourth-order valence-electron chi connectivity index (χ4n) is 2.51. The maximum atomic E-state index is 12.5. The number of hydrogen-bond acceptors (Lipinski definition) is 4. The van der Waals surface area contributed by atoms with Crippen molar-refractivity contribution in [3.8, 4) is 0 Å². The topological polar surface area (TPSA) is 61.4 Å². The third kappa shape index (κ3) is 3.32. The Morgan fingerprint density at radius 1 is 1.38 bits per heavy atom. The summed E-state index contributed by atoms with van der Waals surface area (Å²) < 4.78 is 10.2. The van der Waals surface area contributed by atoms with Crippen molar-refractivity contribution in [3.05, 3.63) is 46.5 Å². The zero-order valence-corrected chi connectivity index (χ0v) is 14.8. The molecule has 0 bridgehead atoms. The molecule has 2 aromatic heterocycles. The average molecular weight is 344 g/mol. The van der Waals surface area contributed by atoms with E-state index in [2.05, 4.69) is 35.2 Å². The van der Waals surface area contributed by atoms with Gasteiger partial charge in [0.05, 0.1) is 16.8 Å². The molecule has 3 aromatic rings. The van der Waals surface area contributed by atoms with Crippen molar-refractivity contribution in [2.24, 2.45) is 12.0 Å². The second-order valence-electron chi connectivity index (χ2n) is 5.46. The third-order valence-corrected chi connectivity index (χ3v) is 4.78. The maximum absolute atomic E-state index is 12.5. The summed E-state index contributed by atoms with van der Waals surface area (Å²) in [7, 11) is 1.74. The lowest BCUT2D eigenvalue weighted by atomic mass is 10.2. The Balaban J connectivity index is 2.08. The SMILES string of the molecule is CCOCCn1c(=NC(=O)c2ccnn2C)sc2cc(C)ccc21. The lowest BCUT2D eigenvalue weighted by molar-refractivity contribution is 0.0987. The molecule has 0 N–H and O–H groups in total. The van der Waals surface area contributed by atoms with Gasteiger partial charge in [-0.1, -0.05) is 17.4 Å². The highest BCUT2D eigenvalue weighted by molar-refractivity contribution is 7.16. The lowest BCUT2D eigenvalue weighted by Gasteiger charge is -2.05. The minimum atomic E-state index is -0.288. The van der Waals surface area contributed by atoms with Gasteiger partial charge in [-0.15, -0.1) is 0 Å². The molecular weight excluding hydrogens is 324 g/mol. The van der Waals surface area contributed by atoms with Gasteiger partial charge in [0.25, 0.3) is 5.91 Å². The Bertz CT molecular complexity index is 936. The van der Waals surface area contributed by atoms with E-state index in [9.17, 15) is 4.79 Å². The number of rotatable bonds is 5. The number of thiazole rings is 1. The van der Waals surface area contributed by atoms with Gasteiger partial charge in [-0.25, -0.2) is 0 Å². The number of aryl methyl sites for hydroxylation is 2. The van der Waals surface area contributed by atoms with E-state index in [1.165, 1.54) is 21.6 Å². The monoisotopic (exact) mass is 344 g/mol. The van der Waals surface area contributed by atoms with E-state index in [1.807, 2.05) is 11.5 Å². The zero-order chi connectivity index (χ0) is 17.1. The summed E-state index contributed by atoms with van der Waals surface area (Å²) in [5.74, 6) is -0.288. The second-order valence-corrected chi connectivity index (χ2v) is 6.47. The van der Waals surface area contributed by atoms with Crippen LogP contribution in [0.5, 0.6) is 0 Å². The molecule has 3 rings (SSSR count). The van der Waals surface area contributed by atoms with Gasteiger partial charge in [0, 0.05) is 26.4 Å². The highest BCUT2D eigenvalue weighted by atomic mass is 32.1. The lowest BCUT2D eigenvalue weighted by Crippen LogP contribution is -2.20. The molecular formula is C17H20N4O2S. The van der Waals surface area contributed by atoms with E-state index >= 15 is 0 Å². The molecule has 0 aliphatic heterocycles. The molecule has 0 aliphatic carbocycles. The van der Waals surface area contributed by atoms with Crippen molar-refractivity contribution >= 4 is 27.5 Å². The van der Waals surface area contributed by atoms with Crippen LogP contribution in [-0.2, 0) is 18.3 Å². The van der Waals surface area contributed by atoms with Crippen LogP contribution in [0.2, 0.25) is 0 Å². The number of benzene rings is 1. The zero-order valence-electron chi connectivity index (χ0n) is 14.0. The fourth-order valence-corrected chi connectivity index (χ4v) is 3.66. The molecule has 1 amide bonds. The molecule has 0 unspecified atom stereocenters. The molecule has 24 heavy (non-hydrogen) atoms. The van der Waals surface area contributed by atoms with Crippen molar-refractivity contribution < 1.29 is 9.53 Å². The van der Waals surface area contributed by atoms with E-state index < -0.39 is 0 Å². The third-order valence-electron chi connectivity index (χ3n) is 3.74. The minimum absolute atomic E-state index is 0.288. The van der Waals surface area contributed by atoms with Gasteiger partial charge in [0.1, 0.15) is 5.69 Å². The molecule has 0 aliphatic rings. The highest BCUT2D eigenvalue weighted by Crippen LogP contribution is 2.19. The first-order chi connectivity index (χ1) is 11.6. The molecule has 0 spiro atoms. The Labute approximate surface area is 144 Å². The number of aromatic nitrogens is 3. The van der Waals surface area contributed by atoms with Crippen LogP contribution in [0.15, 0.2) is 35.5 Å². The number of amides is 1. The van der Waals surface area contributed by atoms with Gasteiger partial charge in [-0.05, 0) is 37.6 Å². The predicted molar refractivity (Wildman–Crippen MR) is 94.1 cm³/mol. The first-order valence-corrected chi connectivity index (χ1v) is 8.66. The van der Waals surface area contributed by atoms with Gasteiger partial charge >= 0.3 is 0 Å². The molecule has 0 radical (unpaired) electrons. The van der Waals surface area contributed by atoms with Crippen molar-refractivity contribution in [1.82, 2.24) is 14.3 Å². The van der Waals surface area contributed by atoms with Crippen molar-refractivity contribution in [2.45, 2.75) is 20.4 Å². The molecule has 6 nitrogen and oxygen atoms in total. The Morgan fingerprint density at radius 2 is 2.21 bits per heavy atom. The van der Waals surface area contributed by atoms with Crippen LogP contribution < -0.4 is 4.80 Å². The van der Waals surface area contributed by atoms with Crippen LogP contribution in [0.1, 0.15) is 23.0 Å². The number of fused-ring (bicyclic) bond motifs is 1. The number of nitrogens with zero attached hydrogens (tertiary/aromatic N) is 4. The van der Waals surface area contributed by atoms with E-state index in [0.29, 0.717) is 30.3 Å². The molecule has 7 heteroatoms. The van der Waals surface area contributed by atoms with E-state index in [1.54, 1.807) is 19.3 Å². The van der Waals surface area contributed by atoms with E-state index in [-0.39, 0.29) is 5.91 Å². The Morgan fingerprint density at radius 3 is 2.92 bits per heavy atom. The molecule has 126 valence electrons. The highest BCUT2D eigenvalue weighted by Gasteiger charge is 2.11. The summed E-state index contributed by atoms with van der Waals surface area (Å²) in [4.78, 5) is 17.5. The van der Waals surface area contributed by atoms with Crippen LogP contribution in [0, 0.1) is 6.92 Å². The van der Waals surface area contributed by atoms with E-state index in [0.717, 1.165) is 10.2 Å². The Kier molecular flexibility index (Phi) is 4.92. The van der Waals surface area contributed by atoms with Gasteiger partial charge in [0.15, 0.2) is 4.80 Å². The average Bonchev–Trinajstić information content (AvgIpc) is 3.11. The molecule has 0 atom stereocenters. The van der Waals surface area contributed by atoms with Crippen LogP contribution in [0.3, 0.4) is 0 Å². The smallest absolute Gasteiger partial charge is 0.297 e. The summed E-state index contributed by atoms with van der Waals surface area (Å²) in [6, 6.07) is 7.93. The van der Waals surface area contributed by atoms with Gasteiger partial charge in [-0.3, -0.25) is 9.48 Å². The molecule has 0 fully saturated rings. The second kappa shape index (κ2) is 7.11. The summed E-state index contributed by atoms with van der Waals surface area (Å²) >= 11 is 1.52. The van der Waals surface area contributed by atoms with Crippen LogP contribution in [0.4, 0.5) is 0 Å². The van der Waals surface area contributed by atoms with Crippen molar-refractivity contribution in [3.63, 3.8) is 0 Å². The van der Waals surface area contributed by atoms with Crippen LogP contribution in [-0.4, -0.2) is 33.5 Å². The quantitative estimate of drug-likeness (QED) is 0.668. The Hall–Kier alpha value is -2.25. The normalized spacial score (nSPS) is 12.2. The number of ether oxygens (including phenoxy) is 1. The number of carbonyl (C=O) groups is 1. The van der Waals surface area contributed by atoms with E-state index in [4.69, 9.17) is 4.74 Å². The van der Waals surface area contributed by atoms with Crippen molar-refractivity contribution in [2.75, 3.05) is 13.2 Å². The predicted octanol–water partition coefficient (Wildman–Crippen LogP) is 2.52. The van der Waals surface area contributed by atoms with Gasteiger partial charge in [0.2, 0.25) is 0 Å². The van der Waals surface area contributed by atoms with Crippen LogP contribution >= 0.6 is 11.3 Å².